The molecule has 1 aromatic heterocycles. The molecule has 1 heterocycles. The summed E-state index contributed by atoms with van der Waals surface area (Å²) in [6.45, 7) is 2.00. The molecule has 0 aliphatic carbocycles. The van der Waals surface area contributed by atoms with Gasteiger partial charge in [0.2, 0.25) is 5.88 Å². The molecule has 1 aromatic carbocycles. The molecule has 0 fully saturated rings. The Kier molecular flexibility index (Phi) is 3.57. The molecule has 18 heavy (non-hydrogen) atoms. The second-order valence-corrected chi connectivity index (χ2v) is 3.91. The fourth-order valence-electron chi connectivity index (χ4n) is 1.48. The minimum atomic E-state index is -0.186. The number of anilines is 1. The van der Waals surface area contributed by atoms with Crippen molar-refractivity contribution < 1.29 is 9.53 Å². The quantitative estimate of drug-likeness (QED) is 0.900. The van der Waals surface area contributed by atoms with Crippen molar-refractivity contribution in [2.45, 2.75) is 6.92 Å². The number of pyridine rings is 1. The summed E-state index contributed by atoms with van der Waals surface area (Å²) in [5.41, 5.74) is 2.41. The van der Waals surface area contributed by atoms with Gasteiger partial charge in [0, 0.05) is 18.0 Å². The van der Waals surface area contributed by atoms with Crippen molar-refractivity contribution in [2.75, 3.05) is 12.4 Å². The number of nitrogens with one attached hydrogen (secondary N) is 1. The van der Waals surface area contributed by atoms with E-state index >= 15 is 0 Å². The predicted octanol–water partition coefficient (Wildman–Crippen LogP) is 2.65. The first-order valence-corrected chi connectivity index (χ1v) is 5.57. The minimum Gasteiger partial charge on any atom is -0.481 e. The number of rotatable bonds is 3. The summed E-state index contributed by atoms with van der Waals surface area (Å²) in [7, 11) is 1.54. The first-order chi connectivity index (χ1) is 8.69. The monoisotopic (exact) mass is 242 g/mol. The van der Waals surface area contributed by atoms with Gasteiger partial charge >= 0.3 is 0 Å². The van der Waals surface area contributed by atoms with Crippen LogP contribution in [0, 0.1) is 6.92 Å². The number of nitrogens with zero attached hydrogens (tertiary/aromatic N) is 1. The van der Waals surface area contributed by atoms with Crippen LogP contribution in [0.5, 0.6) is 5.88 Å². The van der Waals surface area contributed by atoms with Crippen LogP contribution in [0.2, 0.25) is 0 Å². The Hall–Kier alpha value is -2.36. The minimum absolute atomic E-state index is 0.186. The number of hydrogen-bond acceptors (Lipinski definition) is 3. The van der Waals surface area contributed by atoms with Crippen LogP contribution in [-0.4, -0.2) is 18.0 Å². The lowest BCUT2D eigenvalue weighted by Crippen LogP contribution is -2.12. The maximum absolute atomic E-state index is 11.9. The summed E-state index contributed by atoms with van der Waals surface area (Å²) in [5.74, 6) is 0.302. The topological polar surface area (TPSA) is 51.2 Å². The van der Waals surface area contributed by atoms with Gasteiger partial charge in [-0.3, -0.25) is 4.79 Å². The van der Waals surface area contributed by atoms with Gasteiger partial charge in [-0.2, -0.15) is 0 Å². The van der Waals surface area contributed by atoms with Crippen molar-refractivity contribution in [3.8, 4) is 5.88 Å². The largest absolute Gasteiger partial charge is 0.481 e. The van der Waals surface area contributed by atoms with Gasteiger partial charge in [-0.1, -0.05) is 17.7 Å². The average Bonchev–Trinajstić information content (AvgIpc) is 2.41. The number of ether oxygens (including phenoxy) is 1. The highest BCUT2D eigenvalue weighted by atomic mass is 16.5. The second-order valence-electron chi connectivity index (χ2n) is 3.91. The highest BCUT2D eigenvalue weighted by Gasteiger charge is 2.06. The SMILES string of the molecule is COc1ccc(C(=O)Nc2ccc(C)cc2)cn1. The van der Waals surface area contributed by atoms with E-state index in [1.165, 1.54) is 13.3 Å². The van der Waals surface area contributed by atoms with E-state index in [1.54, 1.807) is 12.1 Å². The van der Waals surface area contributed by atoms with E-state index in [0.717, 1.165) is 11.3 Å². The van der Waals surface area contributed by atoms with Gasteiger partial charge in [-0.15, -0.1) is 0 Å². The van der Waals surface area contributed by atoms with Crippen LogP contribution >= 0.6 is 0 Å². The molecule has 0 aliphatic rings. The van der Waals surface area contributed by atoms with E-state index in [9.17, 15) is 4.79 Å². The van der Waals surface area contributed by atoms with Crippen LogP contribution < -0.4 is 10.1 Å². The van der Waals surface area contributed by atoms with Gasteiger partial charge in [0.1, 0.15) is 0 Å². The lowest BCUT2D eigenvalue weighted by Gasteiger charge is -2.05. The average molecular weight is 242 g/mol. The number of methoxy groups -OCH3 is 1. The summed E-state index contributed by atoms with van der Waals surface area (Å²) in [6.07, 6.45) is 1.49. The second kappa shape index (κ2) is 5.31. The molecular weight excluding hydrogens is 228 g/mol. The van der Waals surface area contributed by atoms with E-state index in [-0.39, 0.29) is 5.91 Å². The number of benzene rings is 1. The Balaban J connectivity index is 2.09. The highest BCUT2D eigenvalue weighted by molar-refractivity contribution is 6.04. The Bertz CT molecular complexity index is 533. The lowest BCUT2D eigenvalue weighted by molar-refractivity contribution is 0.102. The summed E-state index contributed by atoms with van der Waals surface area (Å²) in [5, 5.41) is 2.80. The Labute approximate surface area is 106 Å². The van der Waals surface area contributed by atoms with E-state index < -0.39 is 0 Å². The van der Waals surface area contributed by atoms with Crippen LogP contribution in [0.1, 0.15) is 15.9 Å². The fraction of sp³-hybridized carbons (Fsp3) is 0.143. The number of carbonyl (C=O) groups excluding carboxylic acids is 1. The number of aryl methyl sites for hydroxylation is 1. The highest BCUT2D eigenvalue weighted by Crippen LogP contribution is 2.12. The number of amides is 1. The summed E-state index contributed by atoms with van der Waals surface area (Å²) >= 11 is 0. The summed E-state index contributed by atoms with van der Waals surface area (Å²) < 4.78 is 4.94. The van der Waals surface area contributed by atoms with E-state index in [2.05, 4.69) is 10.3 Å². The molecule has 0 radical (unpaired) electrons. The van der Waals surface area contributed by atoms with Crippen molar-refractivity contribution >= 4 is 11.6 Å². The molecule has 0 atom stereocenters. The Morgan fingerprint density at radius 2 is 1.89 bits per heavy atom. The zero-order valence-electron chi connectivity index (χ0n) is 10.3. The maximum Gasteiger partial charge on any atom is 0.257 e. The van der Waals surface area contributed by atoms with Gasteiger partial charge in [0.25, 0.3) is 5.91 Å². The van der Waals surface area contributed by atoms with Crippen molar-refractivity contribution in [1.29, 1.82) is 0 Å². The van der Waals surface area contributed by atoms with Crippen molar-refractivity contribution in [1.82, 2.24) is 4.98 Å². The fourth-order valence-corrected chi connectivity index (χ4v) is 1.48. The van der Waals surface area contributed by atoms with Gasteiger partial charge in [-0.25, -0.2) is 4.98 Å². The van der Waals surface area contributed by atoms with Crippen LogP contribution in [0.15, 0.2) is 42.6 Å². The zero-order chi connectivity index (χ0) is 13.0. The van der Waals surface area contributed by atoms with Gasteiger partial charge in [0.05, 0.1) is 12.7 Å². The number of aromatic nitrogens is 1. The van der Waals surface area contributed by atoms with E-state index in [4.69, 9.17) is 4.74 Å². The van der Waals surface area contributed by atoms with Gasteiger partial charge < -0.3 is 10.1 Å². The normalized spacial score (nSPS) is 9.89. The predicted molar refractivity (Wildman–Crippen MR) is 69.9 cm³/mol. The third kappa shape index (κ3) is 2.85. The van der Waals surface area contributed by atoms with Crippen LogP contribution in [0.4, 0.5) is 5.69 Å². The molecule has 2 aromatic rings. The van der Waals surface area contributed by atoms with E-state index in [0.29, 0.717) is 11.4 Å². The standard InChI is InChI=1S/C14H14N2O2/c1-10-3-6-12(7-4-10)16-14(17)11-5-8-13(18-2)15-9-11/h3-9H,1-2H3,(H,16,17). The molecule has 1 N–H and O–H groups in total. The van der Waals surface area contributed by atoms with Gasteiger partial charge in [-0.05, 0) is 25.1 Å². The maximum atomic E-state index is 11.9. The Morgan fingerprint density at radius 3 is 2.44 bits per heavy atom. The number of hydrogen-bond donors (Lipinski definition) is 1. The van der Waals surface area contributed by atoms with Crippen LogP contribution in [-0.2, 0) is 0 Å². The van der Waals surface area contributed by atoms with Crippen molar-refractivity contribution in [3.63, 3.8) is 0 Å². The molecule has 0 bridgehead atoms. The van der Waals surface area contributed by atoms with E-state index in [1.807, 2.05) is 31.2 Å². The molecule has 0 spiro atoms. The molecule has 1 amide bonds. The molecule has 92 valence electrons. The Morgan fingerprint density at radius 1 is 1.17 bits per heavy atom. The zero-order valence-corrected chi connectivity index (χ0v) is 10.3. The van der Waals surface area contributed by atoms with Crippen LogP contribution in [0.25, 0.3) is 0 Å². The molecular formula is C14H14N2O2. The number of carbonyl (C=O) groups is 1. The molecule has 4 nitrogen and oxygen atoms in total. The van der Waals surface area contributed by atoms with Crippen LogP contribution in [0.3, 0.4) is 0 Å². The third-order valence-electron chi connectivity index (χ3n) is 2.52. The molecule has 2 rings (SSSR count). The first-order valence-electron chi connectivity index (χ1n) is 5.57. The molecule has 0 saturated heterocycles. The smallest absolute Gasteiger partial charge is 0.257 e. The third-order valence-corrected chi connectivity index (χ3v) is 2.52. The molecule has 0 unspecified atom stereocenters. The molecule has 0 aliphatic heterocycles. The first kappa shape index (κ1) is 12.1. The van der Waals surface area contributed by atoms with Gasteiger partial charge in [0.15, 0.2) is 0 Å². The lowest BCUT2D eigenvalue weighted by atomic mass is 10.2. The van der Waals surface area contributed by atoms with Crippen molar-refractivity contribution in [3.05, 3.63) is 53.7 Å². The van der Waals surface area contributed by atoms with Crippen molar-refractivity contribution in [2.24, 2.45) is 0 Å². The molecule has 0 saturated carbocycles. The molecule has 4 heteroatoms. The summed E-state index contributed by atoms with van der Waals surface area (Å²) in [6, 6.07) is 11.0. The summed E-state index contributed by atoms with van der Waals surface area (Å²) in [4.78, 5) is 15.9.